The van der Waals surface area contributed by atoms with E-state index >= 15 is 0 Å². The number of primary amides is 1. The number of nitrogens with two attached hydrogens (primary N) is 2. The lowest BCUT2D eigenvalue weighted by Gasteiger charge is -2.16. The van der Waals surface area contributed by atoms with Gasteiger partial charge in [0.25, 0.3) is 11.8 Å². The Kier molecular flexibility index (Phi) is 16.4. The Hall–Kier alpha value is -5.20. The van der Waals surface area contributed by atoms with Crippen molar-refractivity contribution in [3.05, 3.63) is 36.0 Å². The number of anilines is 1. The molecule has 0 radical (unpaired) electrons. The van der Waals surface area contributed by atoms with Gasteiger partial charge in [0.15, 0.2) is 5.96 Å². The number of carbonyl (C=O) groups excluding carboxylic acids is 5. The van der Waals surface area contributed by atoms with E-state index in [0.717, 1.165) is 17.7 Å². The third-order valence-electron chi connectivity index (χ3n) is 6.75. The second-order valence-electron chi connectivity index (χ2n) is 11.1. The fraction of sp³-hybridized carbons (Fsp3) is 0.484. The first-order valence-corrected chi connectivity index (χ1v) is 14.8. The van der Waals surface area contributed by atoms with Crippen molar-refractivity contribution < 1.29 is 32.8 Å². The number of ketones is 1. The van der Waals surface area contributed by atoms with Crippen LogP contribution in [0.3, 0.4) is 0 Å². The monoisotopic (exact) mass is 659 g/mol. The molecule has 0 bridgehead atoms. The number of likely N-dealkylation sites (tertiary alicyclic amines) is 1. The molecule has 0 atom stereocenters. The average Bonchev–Trinajstić information content (AvgIpc) is 3.39. The number of nitriles is 1. The number of carbonyl (C=O) groups is 5. The summed E-state index contributed by atoms with van der Waals surface area (Å²) in [6, 6.07) is 6.16. The Morgan fingerprint density at radius 1 is 1.13 bits per heavy atom. The summed E-state index contributed by atoms with van der Waals surface area (Å²) in [5.41, 5.74) is 11.4. The molecule has 14 nitrogen and oxygen atoms in total. The zero-order valence-corrected chi connectivity index (χ0v) is 27.1. The summed E-state index contributed by atoms with van der Waals surface area (Å²) in [5, 5.41) is 11.8. The minimum atomic E-state index is -2.91. The number of amides is 4. The van der Waals surface area contributed by atoms with Crippen LogP contribution in [0.2, 0.25) is 0 Å². The number of unbranched alkanes of at least 4 members (excludes halogenated alkanes) is 1. The van der Waals surface area contributed by atoms with E-state index in [1.807, 2.05) is 27.9 Å². The van der Waals surface area contributed by atoms with Crippen LogP contribution in [0, 0.1) is 17.8 Å². The van der Waals surface area contributed by atoms with Gasteiger partial charge in [-0.2, -0.15) is 0 Å². The number of alkyl halides is 2. The molecule has 0 aliphatic carbocycles. The number of Topliss-reactive ketones (excluding diaryl/α,β-unsaturated/α-hetero) is 1. The summed E-state index contributed by atoms with van der Waals surface area (Å²) in [5.74, 6) is -4.48. The van der Waals surface area contributed by atoms with E-state index in [2.05, 4.69) is 27.2 Å². The Morgan fingerprint density at radius 3 is 2.38 bits per heavy atom. The molecule has 0 unspecified atom stereocenters. The van der Waals surface area contributed by atoms with E-state index < -0.39 is 55.5 Å². The SMILES string of the molecule is C#N.CC(C)C(=O)CCCCN=C(N)N(C)C.NC(=O)CC(=O)Nc1cccc2c(C(=O)NCC(=O)N3CCC(F)(F)C3)ccnc12. The third kappa shape index (κ3) is 13.8. The van der Waals surface area contributed by atoms with Crippen LogP contribution in [-0.4, -0.2) is 96.4 Å². The lowest BCUT2D eigenvalue weighted by atomic mass is 10.0. The number of benzene rings is 1. The van der Waals surface area contributed by atoms with Gasteiger partial charge >= 0.3 is 0 Å². The molecular weight excluding hydrogens is 616 g/mol. The number of guanidine groups is 1. The van der Waals surface area contributed by atoms with E-state index in [4.69, 9.17) is 16.7 Å². The Labute approximate surface area is 272 Å². The van der Waals surface area contributed by atoms with Crippen LogP contribution >= 0.6 is 0 Å². The average molecular weight is 660 g/mol. The fourth-order valence-electron chi connectivity index (χ4n) is 4.17. The van der Waals surface area contributed by atoms with E-state index in [9.17, 15) is 32.8 Å². The minimum absolute atomic E-state index is 0.0613. The topological polar surface area (TPSA) is 217 Å². The summed E-state index contributed by atoms with van der Waals surface area (Å²) >= 11 is 0. The molecular formula is C31H43F2N9O5. The van der Waals surface area contributed by atoms with Crippen molar-refractivity contribution in [3.63, 3.8) is 0 Å². The van der Waals surface area contributed by atoms with Crippen molar-refractivity contribution in [2.24, 2.45) is 22.4 Å². The highest BCUT2D eigenvalue weighted by atomic mass is 19.3. The van der Waals surface area contributed by atoms with Gasteiger partial charge in [0.2, 0.25) is 17.7 Å². The summed E-state index contributed by atoms with van der Waals surface area (Å²) < 4.78 is 26.5. The molecule has 16 heteroatoms. The second-order valence-corrected chi connectivity index (χ2v) is 11.1. The number of pyridine rings is 1. The lowest BCUT2D eigenvalue weighted by molar-refractivity contribution is -0.130. The van der Waals surface area contributed by atoms with Crippen molar-refractivity contribution in [2.45, 2.75) is 51.9 Å². The highest BCUT2D eigenvalue weighted by molar-refractivity contribution is 6.12. The number of hydrogen-bond donors (Lipinski definition) is 4. The lowest BCUT2D eigenvalue weighted by Crippen LogP contribution is -2.40. The molecule has 4 amide bonds. The van der Waals surface area contributed by atoms with Gasteiger partial charge in [-0.25, -0.2) is 14.0 Å². The van der Waals surface area contributed by atoms with E-state index in [1.165, 1.54) is 12.3 Å². The summed E-state index contributed by atoms with van der Waals surface area (Å²) in [6.07, 6.45) is 2.94. The Balaban J connectivity index is 0.000000550. The van der Waals surface area contributed by atoms with E-state index in [1.54, 1.807) is 23.1 Å². The maximum Gasteiger partial charge on any atom is 0.267 e. The van der Waals surface area contributed by atoms with Gasteiger partial charge in [-0.3, -0.25) is 33.9 Å². The van der Waals surface area contributed by atoms with Crippen LogP contribution in [0.5, 0.6) is 0 Å². The highest BCUT2D eigenvalue weighted by Gasteiger charge is 2.40. The maximum atomic E-state index is 13.2. The Morgan fingerprint density at radius 2 is 1.81 bits per heavy atom. The normalized spacial score (nSPS) is 13.5. The van der Waals surface area contributed by atoms with Gasteiger partial charge < -0.3 is 31.9 Å². The molecule has 2 aromatic rings. The first-order valence-electron chi connectivity index (χ1n) is 14.8. The van der Waals surface area contributed by atoms with E-state index in [-0.39, 0.29) is 23.7 Å². The van der Waals surface area contributed by atoms with Gasteiger partial charge in [0, 0.05) is 64.1 Å². The number of fused-ring (bicyclic) bond motifs is 1. The second kappa shape index (κ2) is 19.3. The van der Waals surface area contributed by atoms with Gasteiger partial charge in [0.05, 0.1) is 29.9 Å². The number of rotatable bonds is 12. The number of hydrogen-bond acceptors (Lipinski definition) is 8. The van der Waals surface area contributed by atoms with Crippen molar-refractivity contribution in [2.75, 3.05) is 45.6 Å². The Bertz CT molecular complexity index is 1460. The summed E-state index contributed by atoms with van der Waals surface area (Å²) in [4.78, 5) is 69.8. The summed E-state index contributed by atoms with van der Waals surface area (Å²) in [6.45, 7) is 6.93. The van der Waals surface area contributed by atoms with Crippen molar-refractivity contribution in [3.8, 4) is 6.57 Å². The third-order valence-corrected chi connectivity index (χ3v) is 6.75. The van der Waals surface area contributed by atoms with Crippen molar-refractivity contribution in [1.82, 2.24) is 20.1 Å². The highest BCUT2D eigenvalue weighted by Crippen LogP contribution is 2.27. The molecule has 1 saturated heterocycles. The molecule has 1 aromatic heterocycles. The molecule has 3 rings (SSSR count). The number of para-hydroxylation sites is 1. The molecule has 1 aliphatic heterocycles. The molecule has 6 N–H and O–H groups in total. The first-order chi connectivity index (χ1) is 22.1. The van der Waals surface area contributed by atoms with Crippen molar-refractivity contribution >= 4 is 52.0 Å². The maximum absolute atomic E-state index is 13.2. The largest absolute Gasteiger partial charge is 0.370 e. The quantitative estimate of drug-likeness (QED) is 0.113. The van der Waals surface area contributed by atoms with Crippen LogP contribution in [0.25, 0.3) is 10.9 Å². The molecule has 2 heterocycles. The summed E-state index contributed by atoms with van der Waals surface area (Å²) in [7, 11) is 3.72. The van der Waals surface area contributed by atoms with Crippen LogP contribution in [-0.2, 0) is 19.2 Å². The molecule has 0 saturated carbocycles. The van der Waals surface area contributed by atoms with E-state index in [0.29, 0.717) is 35.6 Å². The first kappa shape index (κ1) is 39.8. The molecule has 256 valence electrons. The molecule has 1 aliphatic rings. The van der Waals surface area contributed by atoms with Crippen LogP contribution < -0.4 is 22.1 Å². The minimum Gasteiger partial charge on any atom is -0.370 e. The van der Waals surface area contributed by atoms with Gasteiger partial charge in [0.1, 0.15) is 12.2 Å². The number of aromatic nitrogens is 1. The number of nitrogens with zero attached hydrogens (tertiary/aromatic N) is 5. The van der Waals surface area contributed by atoms with Gasteiger partial charge in [-0.15, -0.1) is 0 Å². The van der Waals surface area contributed by atoms with Crippen LogP contribution in [0.1, 0.15) is 56.3 Å². The van der Waals surface area contributed by atoms with Gasteiger partial charge in [-0.1, -0.05) is 26.0 Å². The van der Waals surface area contributed by atoms with Crippen LogP contribution in [0.4, 0.5) is 14.5 Å². The standard InChI is InChI=1S/C19H19F2N5O4.C11H23N3O.CHN/c20-19(21)5-7-26(10-19)16(29)9-24-18(30)12-4-6-23-17-11(12)2-1-3-13(17)25-15(28)8-14(22)27;1-9(2)10(15)7-5-6-8-13-11(12)14(3)4;1-2/h1-4,6H,5,7-10H2,(H2,22,27)(H,24,30)(H,25,28);9H,5-8H2,1-4H3,(H2,12,13);1H. The van der Waals surface area contributed by atoms with Gasteiger partial charge in [-0.05, 0) is 25.0 Å². The molecule has 0 spiro atoms. The zero-order chi connectivity index (χ0) is 35.7. The zero-order valence-electron chi connectivity index (χ0n) is 27.1. The number of nitrogens with one attached hydrogen (secondary N) is 2. The predicted molar refractivity (Wildman–Crippen MR) is 173 cm³/mol. The predicted octanol–water partition coefficient (Wildman–Crippen LogP) is 2.04. The molecule has 1 aromatic carbocycles. The van der Waals surface area contributed by atoms with Crippen molar-refractivity contribution in [1.29, 1.82) is 5.26 Å². The molecule has 1 fully saturated rings. The smallest absolute Gasteiger partial charge is 0.267 e. The number of aliphatic imine (C=N–C) groups is 1. The fourth-order valence-corrected chi connectivity index (χ4v) is 4.17. The number of halogens is 2. The molecule has 47 heavy (non-hydrogen) atoms. The van der Waals surface area contributed by atoms with Crippen LogP contribution in [0.15, 0.2) is 35.5 Å².